The van der Waals surface area contributed by atoms with Crippen LogP contribution in [0.5, 0.6) is 0 Å². The fourth-order valence-corrected chi connectivity index (χ4v) is 3.14. The number of benzene rings is 1. The van der Waals surface area contributed by atoms with Gasteiger partial charge in [0.25, 0.3) is 0 Å². The smallest absolute Gasteiger partial charge is 0.221 e. The van der Waals surface area contributed by atoms with Crippen LogP contribution in [-0.4, -0.2) is 47.3 Å². The number of hydrogen-bond acceptors (Lipinski definition) is 3. The number of aryl methyl sites for hydroxylation is 1. The number of sulfone groups is 1. The molecule has 6 heteroatoms. The number of rotatable bonds is 8. The highest BCUT2D eigenvalue weighted by molar-refractivity contribution is 7.90. The summed E-state index contributed by atoms with van der Waals surface area (Å²) < 4.78 is 24.0. The van der Waals surface area contributed by atoms with Crippen molar-refractivity contribution in [3.05, 3.63) is 35.4 Å². The Bertz CT molecular complexity index is 551. The van der Waals surface area contributed by atoms with Crippen molar-refractivity contribution in [2.75, 3.05) is 32.9 Å². The normalized spacial score (nSPS) is 11.6. The molecule has 1 rings (SSSR count). The topological polar surface area (TPSA) is 67.7 Å². The van der Waals surface area contributed by atoms with Crippen molar-refractivity contribution in [2.24, 2.45) is 0 Å². The van der Waals surface area contributed by atoms with Gasteiger partial charge in [-0.25, -0.2) is 8.42 Å². The van der Waals surface area contributed by atoms with E-state index in [0.29, 0.717) is 6.54 Å². The summed E-state index contributed by atoms with van der Waals surface area (Å²) in [7, 11) is 0.746. The number of likely N-dealkylation sites (N-methyl/N-ethyl adjacent to an activating group) is 1. The van der Waals surface area contributed by atoms with Crippen LogP contribution in [-0.2, 0) is 20.4 Å². The van der Waals surface area contributed by atoms with Gasteiger partial charge in [-0.2, -0.15) is 0 Å². The second-order valence-corrected chi connectivity index (χ2v) is 7.82. The molecule has 0 aliphatic rings. The molecule has 0 aliphatic heterocycles. The molecule has 0 aromatic heterocycles. The number of carbonyl (C=O) groups excluding carboxylic acids is 1. The first-order valence-electron chi connectivity index (χ1n) is 7.10. The van der Waals surface area contributed by atoms with Gasteiger partial charge in [-0.3, -0.25) is 4.79 Å². The highest BCUT2D eigenvalue weighted by Gasteiger charge is 2.14. The predicted octanol–water partition coefficient (Wildman–Crippen LogP) is -0.439. The molecule has 0 atom stereocenters. The van der Waals surface area contributed by atoms with Gasteiger partial charge in [0, 0.05) is 6.42 Å². The Morgan fingerprint density at radius 2 is 1.81 bits per heavy atom. The molecule has 0 aliphatic carbocycles. The summed E-state index contributed by atoms with van der Waals surface area (Å²) in [5.41, 5.74) is 1.86. The molecule has 0 saturated carbocycles. The fourth-order valence-electron chi connectivity index (χ4n) is 1.80. The molecule has 0 radical (unpaired) electrons. The molecule has 0 fully saturated rings. The maximum Gasteiger partial charge on any atom is 0.221 e. The summed E-state index contributed by atoms with van der Waals surface area (Å²) in [6.45, 7) is 3.35. The Balaban J connectivity index is 2.39. The third kappa shape index (κ3) is 7.82. The summed E-state index contributed by atoms with van der Waals surface area (Å²) in [6, 6.07) is 7.40. The molecule has 0 heterocycles. The molecule has 118 valence electrons. The summed E-state index contributed by atoms with van der Waals surface area (Å²) in [5.74, 6) is -0.326. The Hall–Kier alpha value is -1.40. The maximum absolute atomic E-state index is 12.0. The zero-order valence-corrected chi connectivity index (χ0v) is 13.8. The van der Waals surface area contributed by atoms with Crippen LogP contribution in [0.3, 0.4) is 0 Å². The van der Waals surface area contributed by atoms with Crippen molar-refractivity contribution in [3.63, 3.8) is 0 Å². The quantitative estimate of drug-likeness (QED) is 0.684. The minimum absolute atomic E-state index is 0.0115. The fraction of sp³-hybridized carbons (Fsp3) is 0.533. The lowest BCUT2D eigenvalue weighted by Gasteiger charge is -2.09. The van der Waals surface area contributed by atoms with E-state index in [1.165, 1.54) is 4.90 Å². The second kappa shape index (κ2) is 8.14. The molecule has 1 aromatic carbocycles. The Labute approximate surface area is 127 Å². The highest BCUT2D eigenvalue weighted by Crippen LogP contribution is 2.09. The van der Waals surface area contributed by atoms with E-state index in [0.717, 1.165) is 17.7 Å². The van der Waals surface area contributed by atoms with E-state index in [4.69, 9.17) is 0 Å². The lowest BCUT2D eigenvalue weighted by Crippen LogP contribution is -3.06. The van der Waals surface area contributed by atoms with Crippen LogP contribution < -0.4 is 10.2 Å². The highest BCUT2D eigenvalue weighted by atomic mass is 32.2. The van der Waals surface area contributed by atoms with Crippen molar-refractivity contribution in [2.45, 2.75) is 19.1 Å². The third-order valence-corrected chi connectivity index (χ3v) is 4.69. The SMILES string of the molecule is Cc1ccc(CS(=O)(=O)CCC(=O)NCC[NH+](C)C)cc1. The van der Waals surface area contributed by atoms with Gasteiger partial charge < -0.3 is 10.2 Å². The van der Waals surface area contributed by atoms with E-state index >= 15 is 0 Å². The number of carbonyl (C=O) groups is 1. The molecule has 0 unspecified atom stereocenters. The Morgan fingerprint density at radius 3 is 2.38 bits per heavy atom. The molecule has 1 amide bonds. The monoisotopic (exact) mass is 313 g/mol. The van der Waals surface area contributed by atoms with Gasteiger partial charge in [0.2, 0.25) is 5.91 Å². The van der Waals surface area contributed by atoms with Gasteiger partial charge in [0.15, 0.2) is 9.84 Å². The van der Waals surface area contributed by atoms with E-state index < -0.39 is 9.84 Å². The van der Waals surface area contributed by atoms with Crippen molar-refractivity contribution in [3.8, 4) is 0 Å². The van der Waals surface area contributed by atoms with Gasteiger partial charge >= 0.3 is 0 Å². The van der Waals surface area contributed by atoms with Crippen LogP contribution in [0.25, 0.3) is 0 Å². The van der Waals surface area contributed by atoms with E-state index in [-0.39, 0.29) is 23.8 Å². The molecule has 2 N–H and O–H groups in total. The van der Waals surface area contributed by atoms with Gasteiger partial charge in [0.05, 0.1) is 38.7 Å². The average molecular weight is 313 g/mol. The summed E-state index contributed by atoms with van der Waals surface area (Å²) in [4.78, 5) is 12.8. The number of quaternary nitrogens is 1. The van der Waals surface area contributed by atoms with Gasteiger partial charge in [-0.05, 0) is 12.5 Å². The number of amides is 1. The van der Waals surface area contributed by atoms with Gasteiger partial charge in [-0.15, -0.1) is 0 Å². The minimum Gasteiger partial charge on any atom is -0.350 e. The van der Waals surface area contributed by atoms with Gasteiger partial charge in [-0.1, -0.05) is 29.8 Å². The van der Waals surface area contributed by atoms with Crippen molar-refractivity contribution >= 4 is 15.7 Å². The maximum atomic E-state index is 12.0. The van der Waals surface area contributed by atoms with Crippen LogP contribution >= 0.6 is 0 Å². The summed E-state index contributed by atoms with van der Waals surface area (Å²) in [5, 5.41) is 2.73. The minimum atomic E-state index is -3.25. The van der Waals surface area contributed by atoms with Crippen molar-refractivity contribution in [1.29, 1.82) is 0 Å². The van der Waals surface area contributed by atoms with E-state index in [9.17, 15) is 13.2 Å². The third-order valence-electron chi connectivity index (χ3n) is 3.09. The molecule has 0 spiro atoms. The molecule has 1 aromatic rings. The number of nitrogens with one attached hydrogen (secondary N) is 2. The first-order chi connectivity index (χ1) is 9.78. The molecular formula is C15H25N2O3S+. The molecule has 0 saturated heterocycles. The van der Waals surface area contributed by atoms with Crippen molar-refractivity contribution in [1.82, 2.24) is 5.32 Å². The van der Waals surface area contributed by atoms with Crippen LogP contribution in [0.1, 0.15) is 17.5 Å². The van der Waals surface area contributed by atoms with Crippen LogP contribution in [0, 0.1) is 6.92 Å². The average Bonchev–Trinajstić information content (AvgIpc) is 2.39. The van der Waals surface area contributed by atoms with Crippen LogP contribution in [0.4, 0.5) is 0 Å². The van der Waals surface area contributed by atoms with E-state index in [1.807, 2.05) is 45.3 Å². The lowest BCUT2D eigenvalue weighted by molar-refractivity contribution is -0.856. The Kier molecular flexibility index (Phi) is 6.84. The standard InChI is InChI=1S/C15H24N2O3S/c1-13-4-6-14(7-5-13)12-21(19,20)11-8-15(18)16-9-10-17(2)3/h4-7H,8-12H2,1-3H3,(H,16,18)/p+1. The first-order valence-corrected chi connectivity index (χ1v) is 8.92. The zero-order chi connectivity index (χ0) is 15.9. The number of hydrogen-bond donors (Lipinski definition) is 2. The zero-order valence-electron chi connectivity index (χ0n) is 13.0. The summed E-state index contributed by atoms with van der Waals surface area (Å²) >= 11 is 0. The molecule has 0 bridgehead atoms. The summed E-state index contributed by atoms with van der Waals surface area (Å²) in [6.07, 6.45) is 0.0248. The van der Waals surface area contributed by atoms with Crippen LogP contribution in [0.15, 0.2) is 24.3 Å². The van der Waals surface area contributed by atoms with Crippen LogP contribution in [0.2, 0.25) is 0 Å². The molecule has 5 nitrogen and oxygen atoms in total. The molecular weight excluding hydrogens is 288 g/mol. The van der Waals surface area contributed by atoms with Crippen molar-refractivity contribution < 1.29 is 18.1 Å². The largest absolute Gasteiger partial charge is 0.350 e. The Morgan fingerprint density at radius 1 is 1.19 bits per heavy atom. The predicted molar refractivity (Wildman–Crippen MR) is 84.0 cm³/mol. The van der Waals surface area contributed by atoms with E-state index in [1.54, 1.807) is 0 Å². The van der Waals surface area contributed by atoms with Gasteiger partial charge in [0.1, 0.15) is 0 Å². The van der Waals surface area contributed by atoms with E-state index in [2.05, 4.69) is 5.32 Å². The lowest BCUT2D eigenvalue weighted by atomic mass is 10.2. The molecule has 21 heavy (non-hydrogen) atoms. The first kappa shape index (κ1) is 17.7. The second-order valence-electron chi connectivity index (χ2n) is 5.63.